The summed E-state index contributed by atoms with van der Waals surface area (Å²) in [6, 6.07) is 10.3. The van der Waals surface area contributed by atoms with Crippen LogP contribution in [-0.4, -0.2) is 41.5 Å². The van der Waals surface area contributed by atoms with Crippen molar-refractivity contribution < 1.29 is 9.53 Å². The number of nitrogens with one attached hydrogen (secondary N) is 2. The standard InChI is InChI=1S/C17H22N4O2.ClH/c22-17(10-16-13-23-9-7-18-16)19-11-14-2-4-15(5-3-14)12-21-8-1-6-20-21;/h1-6,8,16,18H,7,9-13H2,(H,19,22);1H. The van der Waals surface area contributed by atoms with Crippen LogP contribution in [0.2, 0.25) is 0 Å². The van der Waals surface area contributed by atoms with Crippen molar-refractivity contribution in [3.8, 4) is 0 Å². The van der Waals surface area contributed by atoms with Gasteiger partial charge in [0.2, 0.25) is 5.91 Å². The molecule has 0 spiro atoms. The van der Waals surface area contributed by atoms with Crippen LogP contribution < -0.4 is 10.6 Å². The predicted octanol–water partition coefficient (Wildman–Crippen LogP) is 1.35. The Morgan fingerprint density at radius 1 is 1.33 bits per heavy atom. The van der Waals surface area contributed by atoms with E-state index >= 15 is 0 Å². The number of carbonyl (C=O) groups excluding carboxylic acids is 1. The summed E-state index contributed by atoms with van der Waals surface area (Å²) in [7, 11) is 0. The maximum atomic E-state index is 11.9. The van der Waals surface area contributed by atoms with Crippen molar-refractivity contribution in [1.82, 2.24) is 20.4 Å². The van der Waals surface area contributed by atoms with Crippen molar-refractivity contribution in [2.45, 2.75) is 25.6 Å². The van der Waals surface area contributed by atoms with Crippen LogP contribution in [0.3, 0.4) is 0 Å². The van der Waals surface area contributed by atoms with Gasteiger partial charge in [0, 0.05) is 37.9 Å². The van der Waals surface area contributed by atoms with Crippen LogP contribution >= 0.6 is 12.4 Å². The second-order valence-electron chi connectivity index (χ2n) is 5.73. The zero-order valence-corrected chi connectivity index (χ0v) is 14.3. The molecule has 0 bridgehead atoms. The summed E-state index contributed by atoms with van der Waals surface area (Å²) < 4.78 is 7.24. The molecule has 0 radical (unpaired) electrons. The molecule has 2 heterocycles. The monoisotopic (exact) mass is 350 g/mol. The molecule has 1 aromatic carbocycles. The Balaban J connectivity index is 0.00000208. The molecule has 1 amide bonds. The van der Waals surface area contributed by atoms with E-state index in [1.807, 2.05) is 29.1 Å². The molecule has 7 heteroatoms. The molecule has 1 aliphatic rings. The van der Waals surface area contributed by atoms with Gasteiger partial charge in [0.05, 0.1) is 19.8 Å². The molecule has 3 rings (SSSR count). The Hall–Kier alpha value is -1.89. The van der Waals surface area contributed by atoms with Gasteiger partial charge in [-0.3, -0.25) is 9.48 Å². The van der Waals surface area contributed by atoms with Gasteiger partial charge in [-0.1, -0.05) is 24.3 Å². The number of rotatable bonds is 6. The van der Waals surface area contributed by atoms with E-state index in [-0.39, 0.29) is 24.4 Å². The van der Waals surface area contributed by atoms with Gasteiger partial charge >= 0.3 is 0 Å². The smallest absolute Gasteiger partial charge is 0.221 e. The molecule has 2 aromatic rings. The third-order valence-electron chi connectivity index (χ3n) is 3.85. The molecule has 24 heavy (non-hydrogen) atoms. The highest BCUT2D eigenvalue weighted by Crippen LogP contribution is 2.06. The number of morpholine rings is 1. The van der Waals surface area contributed by atoms with Crippen molar-refractivity contribution >= 4 is 18.3 Å². The summed E-state index contributed by atoms with van der Waals surface area (Å²) >= 11 is 0. The van der Waals surface area contributed by atoms with Crippen LogP contribution in [0.5, 0.6) is 0 Å². The lowest BCUT2D eigenvalue weighted by atomic mass is 10.1. The van der Waals surface area contributed by atoms with Crippen LogP contribution in [0, 0.1) is 0 Å². The van der Waals surface area contributed by atoms with E-state index < -0.39 is 0 Å². The number of hydrogen-bond acceptors (Lipinski definition) is 4. The first-order valence-electron chi connectivity index (χ1n) is 7.93. The average Bonchev–Trinajstić information content (AvgIpc) is 3.08. The van der Waals surface area contributed by atoms with Crippen LogP contribution in [0.1, 0.15) is 17.5 Å². The molecule has 0 saturated carbocycles. The fraction of sp³-hybridized carbons (Fsp3) is 0.412. The Kier molecular flexibility index (Phi) is 7.24. The minimum Gasteiger partial charge on any atom is -0.378 e. The molecule has 1 unspecified atom stereocenters. The molecule has 6 nitrogen and oxygen atoms in total. The van der Waals surface area contributed by atoms with Crippen molar-refractivity contribution in [2.75, 3.05) is 19.8 Å². The summed E-state index contributed by atoms with van der Waals surface area (Å²) in [4.78, 5) is 11.9. The molecule has 2 N–H and O–H groups in total. The predicted molar refractivity (Wildman–Crippen MR) is 94.1 cm³/mol. The van der Waals surface area contributed by atoms with Crippen molar-refractivity contribution in [2.24, 2.45) is 0 Å². The average molecular weight is 351 g/mol. The molecular formula is C17H23ClN4O2. The third kappa shape index (κ3) is 5.63. The molecule has 1 atom stereocenters. The maximum absolute atomic E-state index is 11.9. The summed E-state index contributed by atoms with van der Waals surface area (Å²) in [6.07, 6.45) is 4.17. The van der Waals surface area contributed by atoms with E-state index in [0.29, 0.717) is 19.6 Å². The number of aromatic nitrogens is 2. The molecule has 0 aliphatic carbocycles. The van der Waals surface area contributed by atoms with Gasteiger partial charge in [0.15, 0.2) is 0 Å². The van der Waals surface area contributed by atoms with E-state index in [0.717, 1.165) is 25.3 Å². The third-order valence-corrected chi connectivity index (χ3v) is 3.85. The number of amides is 1. The first-order valence-corrected chi connectivity index (χ1v) is 7.93. The number of nitrogens with zero attached hydrogens (tertiary/aromatic N) is 2. The second-order valence-corrected chi connectivity index (χ2v) is 5.73. The number of carbonyl (C=O) groups is 1. The van der Waals surface area contributed by atoms with Crippen LogP contribution in [0.25, 0.3) is 0 Å². The van der Waals surface area contributed by atoms with Gasteiger partial charge < -0.3 is 15.4 Å². The lowest BCUT2D eigenvalue weighted by Gasteiger charge is -2.23. The van der Waals surface area contributed by atoms with Crippen LogP contribution in [-0.2, 0) is 22.6 Å². The van der Waals surface area contributed by atoms with E-state index in [4.69, 9.17) is 4.74 Å². The van der Waals surface area contributed by atoms with Crippen molar-refractivity contribution in [3.63, 3.8) is 0 Å². The second kappa shape index (κ2) is 9.42. The van der Waals surface area contributed by atoms with E-state index in [1.165, 1.54) is 5.56 Å². The first-order chi connectivity index (χ1) is 11.3. The van der Waals surface area contributed by atoms with Gasteiger partial charge in [-0.15, -0.1) is 12.4 Å². The van der Waals surface area contributed by atoms with Crippen molar-refractivity contribution in [3.05, 3.63) is 53.9 Å². The normalized spacial score (nSPS) is 17.1. The van der Waals surface area contributed by atoms with Gasteiger partial charge in [0.25, 0.3) is 0 Å². The summed E-state index contributed by atoms with van der Waals surface area (Å²) in [5, 5.41) is 10.4. The van der Waals surface area contributed by atoms with Gasteiger partial charge in [0.1, 0.15) is 0 Å². The Morgan fingerprint density at radius 3 is 2.79 bits per heavy atom. The van der Waals surface area contributed by atoms with Crippen molar-refractivity contribution in [1.29, 1.82) is 0 Å². The molecule has 1 aliphatic heterocycles. The van der Waals surface area contributed by atoms with Crippen LogP contribution in [0.4, 0.5) is 0 Å². The lowest BCUT2D eigenvalue weighted by molar-refractivity contribution is -0.122. The van der Waals surface area contributed by atoms with E-state index in [2.05, 4.69) is 27.9 Å². The fourth-order valence-corrected chi connectivity index (χ4v) is 2.59. The topological polar surface area (TPSA) is 68.2 Å². The first kappa shape index (κ1) is 18.4. The van der Waals surface area contributed by atoms with Gasteiger partial charge in [-0.2, -0.15) is 5.10 Å². The van der Waals surface area contributed by atoms with Gasteiger partial charge in [-0.25, -0.2) is 0 Å². The quantitative estimate of drug-likeness (QED) is 0.825. The minimum atomic E-state index is 0. The number of ether oxygens (including phenoxy) is 1. The van der Waals surface area contributed by atoms with Gasteiger partial charge in [-0.05, 0) is 17.2 Å². The highest BCUT2D eigenvalue weighted by molar-refractivity contribution is 5.85. The summed E-state index contributed by atoms with van der Waals surface area (Å²) in [6.45, 7) is 3.45. The summed E-state index contributed by atoms with van der Waals surface area (Å²) in [5.74, 6) is 0.0496. The Morgan fingerprint density at radius 2 is 2.12 bits per heavy atom. The molecule has 1 aromatic heterocycles. The molecular weight excluding hydrogens is 328 g/mol. The SMILES string of the molecule is Cl.O=C(CC1COCCN1)NCc1ccc(Cn2cccn2)cc1. The molecule has 1 saturated heterocycles. The zero-order valence-electron chi connectivity index (χ0n) is 13.5. The Bertz CT molecular complexity index is 610. The summed E-state index contributed by atoms with van der Waals surface area (Å²) in [5.41, 5.74) is 2.28. The minimum absolute atomic E-state index is 0. The molecule has 1 fully saturated rings. The van der Waals surface area contributed by atoms with Crippen LogP contribution in [0.15, 0.2) is 42.7 Å². The molecule has 130 valence electrons. The number of benzene rings is 1. The largest absolute Gasteiger partial charge is 0.378 e. The van der Waals surface area contributed by atoms with E-state index in [1.54, 1.807) is 6.20 Å². The maximum Gasteiger partial charge on any atom is 0.221 e. The fourth-order valence-electron chi connectivity index (χ4n) is 2.59. The highest BCUT2D eigenvalue weighted by Gasteiger charge is 2.16. The van der Waals surface area contributed by atoms with E-state index in [9.17, 15) is 4.79 Å². The highest BCUT2D eigenvalue weighted by atomic mass is 35.5. The Labute approximate surface area is 148 Å². The number of hydrogen-bond donors (Lipinski definition) is 2. The number of halogens is 1. The zero-order chi connectivity index (χ0) is 15.9. The lowest BCUT2D eigenvalue weighted by Crippen LogP contribution is -2.44.